The first-order valence-corrected chi connectivity index (χ1v) is 11.9. The SMILES string of the molecule is Cc1c(C)n(C)c2ccc(C(=O)N3CCCC(c4cccc(-c5cccc(Cl)c5)n4)C3)cc12. The minimum Gasteiger partial charge on any atom is -0.348 e. The Kier molecular flexibility index (Phi) is 5.71. The summed E-state index contributed by atoms with van der Waals surface area (Å²) in [6.07, 6.45) is 2.01. The van der Waals surface area contributed by atoms with Gasteiger partial charge >= 0.3 is 0 Å². The van der Waals surface area contributed by atoms with E-state index in [4.69, 9.17) is 16.6 Å². The largest absolute Gasteiger partial charge is 0.348 e. The Hall–Kier alpha value is -3.11. The average molecular weight is 458 g/mol. The maximum absolute atomic E-state index is 13.4. The number of aryl methyl sites for hydroxylation is 2. The van der Waals surface area contributed by atoms with E-state index in [-0.39, 0.29) is 11.8 Å². The first-order chi connectivity index (χ1) is 15.9. The number of pyridine rings is 1. The van der Waals surface area contributed by atoms with Crippen LogP contribution >= 0.6 is 11.6 Å². The number of hydrogen-bond acceptors (Lipinski definition) is 2. The van der Waals surface area contributed by atoms with Gasteiger partial charge in [0, 0.05) is 64.5 Å². The molecule has 5 heteroatoms. The summed E-state index contributed by atoms with van der Waals surface area (Å²) in [5.74, 6) is 0.333. The third-order valence-electron chi connectivity index (χ3n) is 7.07. The van der Waals surface area contributed by atoms with E-state index in [9.17, 15) is 4.79 Å². The first-order valence-electron chi connectivity index (χ1n) is 11.5. The highest BCUT2D eigenvalue weighted by Gasteiger charge is 2.27. The summed E-state index contributed by atoms with van der Waals surface area (Å²) in [6, 6.07) is 20.0. The molecule has 33 heavy (non-hydrogen) atoms. The lowest BCUT2D eigenvalue weighted by atomic mass is 9.93. The van der Waals surface area contributed by atoms with Crippen LogP contribution in [0.1, 0.15) is 46.1 Å². The lowest BCUT2D eigenvalue weighted by Crippen LogP contribution is -2.39. The van der Waals surface area contributed by atoms with Crippen LogP contribution in [0.4, 0.5) is 0 Å². The molecule has 0 aliphatic carbocycles. The molecule has 0 saturated carbocycles. The molecule has 3 heterocycles. The molecule has 1 fully saturated rings. The van der Waals surface area contributed by atoms with Crippen LogP contribution in [-0.2, 0) is 7.05 Å². The Morgan fingerprint density at radius 2 is 1.88 bits per heavy atom. The molecule has 2 aromatic heterocycles. The van der Waals surface area contributed by atoms with Crippen LogP contribution < -0.4 is 0 Å². The molecule has 4 nitrogen and oxygen atoms in total. The molecular weight excluding hydrogens is 430 g/mol. The van der Waals surface area contributed by atoms with Crippen molar-refractivity contribution in [3.63, 3.8) is 0 Å². The van der Waals surface area contributed by atoms with Crippen molar-refractivity contribution in [2.45, 2.75) is 32.6 Å². The van der Waals surface area contributed by atoms with Crippen molar-refractivity contribution in [3.05, 3.63) is 88.2 Å². The van der Waals surface area contributed by atoms with E-state index in [1.165, 1.54) is 16.8 Å². The number of piperidine rings is 1. The standard InChI is InChI=1S/C28H28ClN3O/c1-18-19(2)31(3)27-13-12-21(16-24(18)27)28(33)32-14-6-8-22(17-32)26-11-5-10-25(30-26)20-7-4-9-23(29)15-20/h4-5,7,9-13,15-16,22H,6,8,14,17H2,1-3H3. The predicted octanol–water partition coefficient (Wildman–Crippen LogP) is 6.53. The fraction of sp³-hybridized carbons (Fsp3) is 0.286. The number of rotatable bonds is 3. The maximum atomic E-state index is 13.4. The number of benzene rings is 2. The zero-order valence-corrected chi connectivity index (χ0v) is 20.1. The number of aromatic nitrogens is 2. The smallest absolute Gasteiger partial charge is 0.253 e. The molecule has 2 aromatic carbocycles. The molecule has 0 N–H and O–H groups in total. The van der Waals surface area contributed by atoms with Gasteiger partial charge in [0.2, 0.25) is 0 Å². The van der Waals surface area contributed by atoms with Crippen LogP contribution in [0.15, 0.2) is 60.7 Å². The number of fused-ring (bicyclic) bond motifs is 1. The van der Waals surface area contributed by atoms with Crippen LogP contribution in [0.5, 0.6) is 0 Å². The summed E-state index contributed by atoms with van der Waals surface area (Å²) in [5, 5.41) is 1.86. The Morgan fingerprint density at radius 1 is 1.06 bits per heavy atom. The van der Waals surface area contributed by atoms with Gasteiger partial charge in [-0.05, 0) is 74.7 Å². The van der Waals surface area contributed by atoms with Crippen LogP contribution in [0, 0.1) is 13.8 Å². The van der Waals surface area contributed by atoms with Crippen molar-refractivity contribution in [2.24, 2.45) is 7.05 Å². The molecule has 1 amide bonds. The predicted molar refractivity (Wildman–Crippen MR) is 135 cm³/mol. The van der Waals surface area contributed by atoms with E-state index in [0.717, 1.165) is 47.3 Å². The second-order valence-corrected chi connectivity index (χ2v) is 9.49. The fourth-order valence-electron chi connectivity index (χ4n) is 4.96. The highest BCUT2D eigenvalue weighted by Crippen LogP contribution is 2.30. The van der Waals surface area contributed by atoms with Crippen molar-refractivity contribution < 1.29 is 4.79 Å². The van der Waals surface area contributed by atoms with Crippen molar-refractivity contribution >= 4 is 28.4 Å². The van der Waals surface area contributed by atoms with Gasteiger partial charge in [0.05, 0.1) is 5.69 Å². The fourth-order valence-corrected chi connectivity index (χ4v) is 5.15. The molecular formula is C28H28ClN3O. The summed E-state index contributed by atoms with van der Waals surface area (Å²) >= 11 is 6.18. The zero-order valence-electron chi connectivity index (χ0n) is 19.3. The quantitative estimate of drug-likeness (QED) is 0.350. The van der Waals surface area contributed by atoms with Crippen molar-refractivity contribution in [3.8, 4) is 11.3 Å². The Morgan fingerprint density at radius 3 is 2.70 bits per heavy atom. The molecule has 0 spiro atoms. The van der Waals surface area contributed by atoms with Gasteiger partial charge in [-0.25, -0.2) is 0 Å². The monoisotopic (exact) mass is 457 g/mol. The third kappa shape index (κ3) is 4.04. The summed E-state index contributed by atoms with van der Waals surface area (Å²) in [4.78, 5) is 20.4. The van der Waals surface area contributed by atoms with Gasteiger partial charge in [0.1, 0.15) is 0 Å². The highest BCUT2D eigenvalue weighted by molar-refractivity contribution is 6.30. The average Bonchev–Trinajstić information content (AvgIpc) is 3.07. The van der Waals surface area contributed by atoms with E-state index in [0.29, 0.717) is 11.6 Å². The van der Waals surface area contributed by atoms with Crippen molar-refractivity contribution in [2.75, 3.05) is 13.1 Å². The summed E-state index contributed by atoms with van der Waals surface area (Å²) in [5.41, 5.74) is 7.36. The summed E-state index contributed by atoms with van der Waals surface area (Å²) in [7, 11) is 2.08. The van der Waals surface area contributed by atoms with E-state index in [2.05, 4.69) is 43.7 Å². The number of hydrogen-bond donors (Lipinski definition) is 0. The van der Waals surface area contributed by atoms with E-state index >= 15 is 0 Å². The third-order valence-corrected chi connectivity index (χ3v) is 7.31. The first kappa shape index (κ1) is 21.7. The number of likely N-dealkylation sites (tertiary alicyclic amines) is 1. The van der Waals surface area contributed by atoms with Crippen LogP contribution in [-0.4, -0.2) is 33.4 Å². The molecule has 1 atom stereocenters. The lowest BCUT2D eigenvalue weighted by Gasteiger charge is -2.32. The molecule has 0 bridgehead atoms. The van der Waals surface area contributed by atoms with Crippen LogP contribution in [0.3, 0.4) is 0 Å². The van der Waals surface area contributed by atoms with Gasteiger partial charge in [-0.3, -0.25) is 9.78 Å². The molecule has 4 aromatic rings. The minimum absolute atomic E-state index is 0.105. The Bertz CT molecular complexity index is 1360. The molecule has 5 rings (SSSR count). The van der Waals surface area contributed by atoms with Gasteiger partial charge in [-0.2, -0.15) is 0 Å². The van der Waals surface area contributed by atoms with Gasteiger partial charge in [-0.1, -0.05) is 29.8 Å². The molecule has 1 aliphatic rings. The number of carbonyl (C=O) groups is 1. The second kappa shape index (κ2) is 8.68. The number of amides is 1. The van der Waals surface area contributed by atoms with E-state index in [1.54, 1.807) is 0 Å². The van der Waals surface area contributed by atoms with Crippen molar-refractivity contribution in [1.82, 2.24) is 14.5 Å². The normalized spacial score (nSPS) is 16.4. The zero-order chi connectivity index (χ0) is 23.1. The molecule has 1 unspecified atom stereocenters. The maximum Gasteiger partial charge on any atom is 0.253 e. The van der Waals surface area contributed by atoms with E-state index in [1.807, 2.05) is 47.4 Å². The minimum atomic E-state index is 0.105. The number of carbonyl (C=O) groups excluding carboxylic acids is 1. The number of halogens is 1. The lowest BCUT2D eigenvalue weighted by molar-refractivity contribution is 0.0706. The van der Waals surface area contributed by atoms with Crippen LogP contribution in [0.2, 0.25) is 5.02 Å². The highest BCUT2D eigenvalue weighted by atomic mass is 35.5. The Labute approximate surface area is 199 Å². The number of nitrogens with zero attached hydrogens (tertiary/aromatic N) is 3. The molecule has 168 valence electrons. The Balaban J connectivity index is 1.39. The van der Waals surface area contributed by atoms with Crippen molar-refractivity contribution in [1.29, 1.82) is 0 Å². The van der Waals surface area contributed by atoms with E-state index < -0.39 is 0 Å². The van der Waals surface area contributed by atoms with Gasteiger partial charge in [0.15, 0.2) is 0 Å². The molecule has 1 saturated heterocycles. The van der Waals surface area contributed by atoms with Gasteiger partial charge in [0.25, 0.3) is 5.91 Å². The molecule has 0 radical (unpaired) electrons. The van der Waals surface area contributed by atoms with Gasteiger partial charge in [-0.15, -0.1) is 0 Å². The summed E-state index contributed by atoms with van der Waals surface area (Å²) in [6.45, 7) is 5.72. The van der Waals surface area contributed by atoms with Gasteiger partial charge < -0.3 is 9.47 Å². The topological polar surface area (TPSA) is 38.1 Å². The molecule has 1 aliphatic heterocycles. The van der Waals surface area contributed by atoms with Crippen LogP contribution in [0.25, 0.3) is 22.2 Å². The second-order valence-electron chi connectivity index (χ2n) is 9.05. The summed E-state index contributed by atoms with van der Waals surface area (Å²) < 4.78 is 2.19.